The molecule has 1 saturated carbocycles. The number of aromatic nitrogens is 1. The lowest BCUT2D eigenvalue weighted by Gasteiger charge is -2.26. The zero-order valence-corrected chi connectivity index (χ0v) is 12.5. The Morgan fingerprint density at radius 1 is 1.13 bits per heavy atom. The normalized spacial score (nSPS) is 21.0. The highest BCUT2D eigenvalue weighted by molar-refractivity contribution is 5.96. The van der Waals surface area contributed by atoms with Crippen molar-refractivity contribution in [1.82, 2.24) is 10.3 Å². The van der Waals surface area contributed by atoms with Crippen LogP contribution < -0.4 is 10.9 Å². The maximum absolute atomic E-state index is 12.3. The van der Waals surface area contributed by atoms with Gasteiger partial charge in [0, 0.05) is 11.4 Å². The molecule has 6 heteroatoms. The van der Waals surface area contributed by atoms with Crippen LogP contribution in [0.3, 0.4) is 0 Å². The van der Waals surface area contributed by atoms with Crippen LogP contribution in [0.1, 0.15) is 36.2 Å². The molecule has 1 amide bonds. The van der Waals surface area contributed by atoms with Gasteiger partial charge in [0.15, 0.2) is 0 Å². The minimum Gasteiger partial charge on any atom is -0.481 e. The van der Waals surface area contributed by atoms with E-state index in [1.54, 1.807) is 24.3 Å². The Morgan fingerprint density at radius 2 is 1.83 bits per heavy atom. The van der Waals surface area contributed by atoms with E-state index in [-0.39, 0.29) is 29.1 Å². The molecule has 0 unspecified atom stereocenters. The van der Waals surface area contributed by atoms with E-state index in [4.69, 9.17) is 5.11 Å². The second-order valence-electron chi connectivity index (χ2n) is 5.96. The minimum absolute atomic E-state index is 0.0481. The maximum atomic E-state index is 12.3. The molecule has 1 aliphatic carbocycles. The number of hydrogen-bond donors (Lipinski definition) is 3. The average molecular weight is 314 g/mol. The predicted molar refractivity (Wildman–Crippen MR) is 85.4 cm³/mol. The number of nitrogens with one attached hydrogen (secondary N) is 2. The summed E-state index contributed by atoms with van der Waals surface area (Å²) in [6, 6.07) is 8.71. The number of pyridine rings is 1. The van der Waals surface area contributed by atoms with Crippen molar-refractivity contribution in [2.75, 3.05) is 0 Å². The molecular formula is C17H18N2O4. The number of carbonyl (C=O) groups excluding carboxylic acids is 1. The van der Waals surface area contributed by atoms with Gasteiger partial charge in [-0.25, -0.2) is 0 Å². The molecule has 0 saturated heterocycles. The summed E-state index contributed by atoms with van der Waals surface area (Å²) in [7, 11) is 0. The number of amides is 1. The highest BCUT2D eigenvalue weighted by Crippen LogP contribution is 2.24. The Balaban J connectivity index is 1.72. The van der Waals surface area contributed by atoms with Crippen molar-refractivity contribution >= 4 is 22.6 Å². The van der Waals surface area contributed by atoms with Crippen LogP contribution in [0.15, 0.2) is 35.1 Å². The molecule has 1 fully saturated rings. The Morgan fingerprint density at radius 3 is 2.52 bits per heavy atom. The minimum atomic E-state index is -0.770. The molecular weight excluding hydrogens is 296 g/mol. The summed E-state index contributed by atoms with van der Waals surface area (Å²) in [6.45, 7) is 0. The van der Waals surface area contributed by atoms with Crippen LogP contribution in [0.4, 0.5) is 0 Å². The number of fused-ring (bicyclic) bond motifs is 1. The number of benzene rings is 1. The van der Waals surface area contributed by atoms with Gasteiger partial charge < -0.3 is 15.4 Å². The van der Waals surface area contributed by atoms with Crippen molar-refractivity contribution < 1.29 is 14.7 Å². The molecule has 0 spiro atoms. The number of carboxylic acids is 1. The quantitative estimate of drug-likeness (QED) is 0.805. The van der Waals surface area contributed by atoms with Gasteiger partial charge in [0.05, 0.1) is 5.92 Å². The smallest absolute Gasteiger partial charge is 0.306 e. The lowest BCUT2D eigenvalue weighted by Crippen LogP contribution is -2.39. The average Bonchev–Trinajstić information content (AvgIpc) is 2.55. The highest BCUT2D eigenvalue weighted by atomic mass is 16.4. The van der Waals surface area contributed by atoms with Crippen LogP contribution in [-0.4, -0.2) is 28.0 Å². The van der Waals surface area contributed by atoms with Crippen molar-refractivity contribution in [3.05, 3.63) is 46.4 Å². The van der Waals surface area contributed by atoms with Gasteiger partial charge in [0.25, 0.3) is 11.5 Å². The molecule has 0 bridgehead atoms. The van der Waals surface area contributed by atoms with Crippen LogP contribution in [-0.2, 0) is 4.79 Å². The van der Waals surface area contributed by atoms with Crippen LogP contribution in [0.5, 0.6) is 0 Å². The summed E-state index contributed by atoms with van der Waals surface area (Å²) < 4.78 is 0. The first-order valence-electron chi connectivity index (χ1n) is 7.70. The van der Waals surface area contributed by atoms with Gasteiger partial charge in [-0.3, -0.25) is 14.4 Å². The molecule has 3 rings (SSSR count). The Kier molecular flexibility index (Phi) is 4.14. The zero-order chi connectivity index (χ0) is 16.4. The molecule has 1 aliphatic rings. The van der Waals surface area contributed by atoms with Crippen molar-refractivity contribution in [1.29, 1.82) is 0 Å². The van der Waals surface area contributed by atoms with Gasteiger partial charge >= 0.3 is 5.97 Å². The van der Waals surface area contributed by atoms with E-state index >= 15 is 0 Å². The molecule has 1 aromatic carbocycles. The fourth-order valence-electron chi connectivity index (χ4n) is 3.08. The summed E-state index contributed by atoms with van der Waals surface area (Å²) in [5, 5.41) is 13.1. The van der Waals surface area contributed by atoms with E-state index in [0.717, 1.165) is 5.39 Å². The third kappa shape index (κ3) is 3.26. The number of rotatable bonds is 3. The first-order chi connectivity index (χ1) is 11.0. The van der Waals surface area contributed by atoms with E-state index in [0.29, 0.717) is 31.1 Å². The highest BCUT2D eigenvalue weighted by Gasteiger charge is 2.27. The van der Waals surface area contributed by atoms with E-state index in [1.165, 1.54) is 0 Å². The van der Waals surface area contributed by atoms with Gasteiger partial charge in [-0.05, 0) is 43.2 Å². The number of H-pyrrole nitrogens is 1. The summed E-state index contributed by atoms with van der Waals surface area (Å²) >= 11 is 0. The molecule has 0 radical (unpaired) electrons. The van der Waals surface area contributed by atoms with E-state index in [1.807, 2.05) is 6.07 Å². The third-order valence-electron chi connectivity index (χ3n) is 4.41. The molecule has 1 aromatic heterocycles. The van der Waals surface area contributed by atoms with Gasteiger partial charge in [-0.1, -0.05) is 18.2 Å². The van der Waals surface area contributed by atoms with Gasteiger partial charge in [0.1, 0.15) is 5.69 Å². The molecule has 2 aromatic rings. The Hall–Kier alpha value is -2.63. The van der Waals surface area contributed by atoms with Gasteiger partial charge in [-0.15, -0.1) is 0 Å². The Bertz CT molecular complexity index is 804. The number of carbonyl (C=O) groups is 2. The molecule has 3 N–H and O–H groups in total. The zero-order valence-electron chi connectivity index (χ0n) is 12.5. The third-order valence-corrected chi connectivity index (χ3v) is 4.41. The second kappa shape index (κ2) is 6.24. The maximum Gasteiger partial charge on any atom is 0.306 e. The van der Waals surface area contributed by atoms with Crippen LogP contribution in [0, 0.1) is 5.92 Å². The second-order valence-corrected chi connectivity index (χ2v) is 5.96. The van der Waals surface area contributed by atoms with Crippen LogP contribution >= 0.6 is 0 Å². The standard InChI is InChI=1S/C17H18N2O4/c20-15-13-4-2-1-3-11(13)9-14(19-15)16(21)18-12-7-5-10(6-8-12)17(22)23/h1-4,9-10,12H,5-8H2,(H,18,21)(H,19,20)(H,22,23). The first-order valence-corrected chi connectivity index (χ1v) is 7.70. The van der Waals surface area contributed by atoms with Gasteiger partial charge in [-0.2, -0.15) is 0 Å². The van der Waals surface area contributed by atoms with Gasteiger partial charge in [0.2, 0.25) is 0 Å². The summed E-state index contributed by atoms with van der Waals surface area (Å²) in [5.41, 5.74) is -0.0584. The van der Waals surface area contributed by atoms with E-state index in [2.05, 4.69) is 10.3 Å². The number of hydrogen-bond acceptors (Lipinski definition) is 3. The van der Waals surface area contributed by atoms with E-state index in [9.17, 15) is 14.4 Å². The fraction of sp³-hybridized carbons (Fsp3) is 0.353. The van der Waals surface area contributed by atoms with Crippen LogP contribution in [0.2, 0.25) is 0 Å². The van der Waals surface area contributed by atoms with Crippen molar-refractivity contribution in [3.63, 3.8) is 0 Å². The molecule has 23 heavy (non-hydrogen) atoms. The lowest BCUT2D eigenvalue weighted by atomic mass is 9.86. The van der Waals surface area contributed by atoms with Crippen molar-refractivity contribution in [3.8, 4) is 0 Å². The number of aromatic amines is 1. The van der Waals surface area contributed by atoms with Crippen LogP contribution in [0.25, 0.3) is 10.8 Å². The lowest BCUT2D eigenvalue weighted by molar-refractivity contribution is -0.142. The molecule has 0 aliphatic heterocycles. The number of carboxylic acid groups (broad SMARTS) is 1. The van der Waals surface area contributed by atoms with Crippen molar-refractivity contribution in [2.45, 2.75) is 31.7 Å². The fourth-order valence-corrected chi connectivity index (χ4v) is 3.08. The SMILES string of the molecule is O=C(NC1CCC(C(=O)O)CC1)c1cc2ccccc2c(=O)[nH]1. The monoisotopic (exact) mass is 314 g/mol. The molecule has 6 nitrogen and oxygen atoms in total. The topological polar surface area (TPSA) is 99.3 Å². The molecule has 1 heterocycles. The predicted octanol–water partition coefficient (Wildman–Crippen LogP) is 1.90. The summed E-state index contributed by atoms with van der Waals surface area (Å²) in [4.78, 5) is 37.9. The molecule has 120 valence electrons. The Labute approximate surface area is 132 Å². The number of aliphatic carboxylic acids is 1. The molecule has 0 atom stereocenters. The van der Waals surface area contributed by atoms with Crippen molar-refractivity contribution in [2.24, 2.45) is 5.92 Å². The summed E-state index contributed by atoms with van der Waals surface area (Å²) in [6.07, 6.45) is 2.41. The summed E-state index contributed by atoms with van der Waals surface area (Å²) in [5.74, 6) is -1.41. The van der Waals surface area contributed by atoms with E-state index < -0.39 is 5.97 Å². The largest absolute Gasteiger partial charge is 0.481 e. The first kappa shape index (κ1) is 15.3.